The number of benzene rings is 2. The zero-order valence-electron chi connectivity index (χ0n) is 15.9. The lowest BCUT2D eigenvalue weighted by atomic mass is 10.1. The molecule has 0 aliphatic heterocycles. The molecule has 4 aromatic rings. The first kappa shape index (κ1) is 18.7. The van der Waals surface area contributed by atoms with Crippen molar-refractivity contribution in [3.05, 3.63) is 78.0 Å². The number of methoxy groups -OCH3 is 1. The molecule has 0 saturated heterocycles. The Bertz CT molecular complexity index is 1190. The van der Waals surface area contributed by atoms with Crippen LogP contribution in [0, 0.1) is 18.3 Å². The van der Waals surface area contributed by atoms with E-state index in [0.717, 1.165) is 17.0 Å². The zero-order valence-corrected chi connectivity index (χ0v) is 16.7. The molecule has 0 aliphatic rings. The van der Waals surface area contributed by atoms with Crippen molar-refractivity contribution in [1.29, 1.82) is 5.26 Å². The van der Waals surface area contributed by atoms with Gasteiger partial charge in [0, 0.05) is 5.69 Å². The quantitative estimate of drug-likeness (QED) is 0.485. The summed E-state index contributed by atoms with van der Waals surface area (Å²) in [5.41, 5.74) is 3.30. The number of nitrogens with zero attached hydrogens (tertiary/aromatic N) is 5. The minimum Gasteiger partial charge on any atom is -0.496 e. The third kappa shape index (κ3) is 3.84. The Labute approximate surface area is 172 Å². The minimum absolute atomic E-state index is 0.362. The first-order valence-corrected chi connectivity index (χ1v) is 9.72. The standard InChI is InChI=1S/C22H17N5OS/c1-15-10-12-17(13-11-15)27-21(18-7-3-4-8-19(18)28-2)25-26-22(27)29-20-9-5-6-16(14-23)24-20/h3-13H,1-2H3. The van der Waals surface area contributed by atoms with Gasteiger partial charge in [0.25, 0.3) is 0 Å². The van der Waals surface area contributed by atoms with Gasteiger partial charge in [-0.15, -0.1) is 10.2 Å². The van der Waals surface area contributed by atoms with Crippen LogP contribution in [0.4, 0.5) is 0 Å². The van der Waals surface area contributed by atoms with Gasteiger partial charge in [0.15, 0.2) is 5.82 Å². The summed E-state index contributed by atoms with van der Waals surface area (Å²) in [6, 6.07) is 23.3. The van der Waals surface area contributed by atoms with Crippen molar-refractivity contribution in [3.8, 4) is 28.9 Å². The van der Waals surface area contributed by atoms with Gasteiger partial charge in [-0.2, -0.15) is 5.26 Å². The molecule has 0 radical (unpaired) electrons. The van der Waals surface area contributed by atoms with Crippen LogP contribution in [0.15, 0.2) is 76.9 Å². The maximum absolute atomic E-state index is 9.13. The number of aryl methyl sites for hydroxylation is 1. The van der Waals surface area contributed by atoms with Gasteiger partial charge in [-0.05, 0) is 55.1 Å². The van der Waals surface area contributed by atoms with Gasteiger partial charge in [-0.1, -0.05) is 35.9 Å². The summed E-state index contributed by atoms with van der Waals surface area (Å²) in [7, 11) is 1.64. The van der Waals surface area contributed by atoms with E-state index in [4.69, 9.17) is 10.00 Å². The smallest absolute Gasteiger partial charge is 0.202 e. The number of rotatable bonds is 5. The number of para-hydroxylation sites is 1. The van der Waals surface area contributed by atoms with E-state index in [1.54, 1.807) is 13.2 Å². The monoisotopic (exact) mass is 399 g/mol. The maximum atomic E-state index is 9.13. The highest BCUT2D eigenvalue weighted by Gasteiger charge is 2.19. The maximum Gasteiger partial charge on any atom is 0.202 e. The number of ether oxygens (including phenoxy) is 1. The average molecular weight is 399 g/mol. The van der Waals surface area contributed by atoms with Gasteiger partial charge in [0.2, 0.25) is 5.16 Å². The van der Waals surface area contributed by atoms with Crippen LogP contribution in [-0.4, -0.2) is 26.9 Å². The molecular weight excluding hydrogens is 382 g/mol. The number of hydrogen-bond donors (Lipinski definition) is 0. The fourth-order valence-electron chi connectivity index (χ4n) is 2.89. The molecule has 6 nitrogen and oxygen atoms in total. The molecule has 0 spiro atoms. The predicted molar refractivity (Wildman–Crippen MR) is 111 cm³/mol. The Balaban J connectivity index is 1.87. The van der Waals surface area contributed by atoms with Crippen LogP contribution in [0.5, 0.6) is 5.75 Å². The van der Waals surface area contributed by atoms with Gasteiger partial charge in [-0.25, -0.2) is 4.98 Å². The third-order valence-corrected chi connectivity index (χ3v) is 5.19. The molecule has 0 unspecified atom stereocenters. The predicted octanol–water partition coefficient (Wildman–Crippen LogP) is 4.67. The van der Waals surface area contributed by atoms with E-state index in [9.17, 15) is 0 Å². The molecule has 142 valence electrons. The molecule has 0 atom stereocenters. The molecule has 0 aliphatic carbocycles. The van der Waals surface area contributed by atoms with Gasteiger partial charge < -0.3 is 4.74 Å². The summed E-state index contributed by atoms with van der Waals surface area (Å²) in [5.74, 6) is 1.39. The van der Waals surface area contributed by atoms with Crippen molar-refractivity contribution in [2.75, 3.05) is 7.11 Å². The fourth-order valence-corrected chi connectivity index (χ4v) is 3.74. The molecular formula is C22H17N5OS. The highest BCUT2D eigenvalue weighted by molar-refractivity contribution is 7.99. The van der Waals surface area contributed by atoms with Gasteiger partial charge >= 0.3 is 0 Å². The molecule has 2 heterocycles. The lowest BCUT2D eigenvalue weighted by Gasteiger charge is -2.12. The second-order valence-corrected chi connectivity index (χ2v) is 7.24. The van der Waals surface area contributed by atoms with Crippen molar-refractivity contribution < 1.29 is 4.74 Å². The van der Waals surface area contributed by atoms with E-state index in [1.165, 1.54) is 17.3 Å². The molecule has 2 aromatic carbocycles. The Hall–Kier alpha value is -3.63. The summed E-state index contributed by atoms with van der Waals surface area (Å²) in [6.07, 6.45) is 0. The molecule has 0 bridgehead atoms. The van der Waals surface area contributed by atoms with Crippen molar-refractivity contribution in [1.82, 2.24) is 19.7 Å². The summed E-state index contributed by atoms with van der Waals surface area (Å²) in [6.45, 7) is 2.05. The Morgan fingerprint density at radius 2 is 1.76 bits per heavy atom. The molecule has 2 aromatic heterocycles. The second kappa shape index (κ2) is 8.17. The largest absolute Gasteiger partial charge is 0.496 e. The van der Waals surface area contributed by atoms with Gasteiger partial charge in [0.1, 0.15) is 22.5 Å². The normalized spacial score (nSPS) is 10.5. The number of hydrogen-bond acceptors (Lipinski definition) is 6. The van der Waals surface area contributed by atoms with Crippen LogP contribution < -0.4 is 4.74 Å². The van der Waals surface area contributed by atoms with Crippen LogP contribution in [0.1, 0.15) is 11.3 Å². The Morgan fingerprint density at radius 3 is 2.52 bits per heavy atom. The van der Waals surface area contributed by atoms with Crippen molar-refractivity contribution in [3.63, 3.8) is 0 Å². The lowest BCUT2D eigenvalue weighted by Crippen LogP contribution is -2.01. The highest BCUT2D eigenvalue weighted by Crippen LogP contribution is 2.35. The van der Waals surface area contributed by atoms with Crippen molar-refractivity contribution in [2.24, 2.45) is 0 Å². The van der Waals surface area contributed by atoms with Crippen LogP contribution in [0.3, 0.4) is 0 Å². The van der Waals surface area contributed by atoms with Crippen LogP contribution in [0.25, 0.3) is 17.1 Å². The van der Waals surface area contributed by atoms with E-state index in [-0.39, 0.29) is 0 Å². The van der Waals surface area contributed by atoms with Gasteiger partial charge in [0.05, 0.1) is 12.7 Å². The van der Waals surface area contributed by atoms with E-state index in [1.807, 2.05) is 72.2 Å². The van der Waals surface area contributed by atoms with E-state index in [0.29, 0.717) is 21.7 Å². The first-order valence-electron chi connectivity index (χ1n) is 8.90. The number of aromatic nitrogens is 4. The molecule has 4 rings (SSSR count). The molecule has 0 fully saturated rings. The third-order valence-electron chi connectivity index (χ3n) is 4.31. The lowest BCUT2D eigenvalue weighted by molar-refractivity contribution is 0.416. The number of nitriles is 1. The highest BCUT2D eigenvalue weighted by atomic mass is 32.2. The summed E-state index contributed by atoms with van der Waals surface area (Å²) < 4.78 is 7.51. The summed E-state index contributed by atoms with van der Waals surface area (Å²) in [5, 5.41) is 19.3. The summed E-state index contributed by atoms with van der Waals surface area (Å²) in [4.78, 5) is 4.35. The summed E-state index contributed by atoms with van der Waals surface area (Å²) >= 11 is 1.36. The van der Waals surface area contributed by atoms with Crippen molar-refractivity contribution >= 4 is 11.8 Å². The van der Waals surface area contributed by atoms with E-state index >= 15 is 0 Å². The van der Waals surface area contributed by atoms with E-state index < -0.39 is 0 Å². The molecule has 0 saturated carbocycles. The molecule has 0 amide bonds. The average Bonchev–Trinajstić information content (AvgIpc) is 3.17. The van der Waals surface area contributed by atoms with Crippen LogP contribution in [0.2, 0.25) is 0 Å². The second-order valence-electron chi connectivity index (χ2n) is 6.25. The van der Waals surface area contributed by atoms with Crippen LogP contribution >= 0.6 is 11.8 Å². The Kier molecular flexibility index (Phi) is 5.27. The topological polar surface area (TPSA) is 76.6 Å². The SMILES string of the molecule is COc1ccccc1-c1nnc(Sc2cccc(C#N)n2)n1-c1ccc(C)cc1. The van der Waals surface area contributed by atoms with Crippen molar-refractivity contribution in [2.45, 2.75) is 17.1 Å². The molecule has 29 heavy (non-hydrogen) atoms. The Morgan fingerprint density at radius 1 is 0.966 bits per heavy atom. The first-order chi connectivity index (χ1) is 14.2. The van der Waals surface area contributed by atoms with Gasteiger partial charge in [-0.3, -0.25) is 4.57 Å². The fraction of sp³-hybridized carbons (Fsp3) is 0.0909. The number of pyridine rings is 1. The van der Waals surface area contributed by atoms with E-state index in [2.05, 4.69) is 21.3 Å². The zero-order chi connectivity index (χ0) is 20.2. The molecule has 0 N–H and O–H groups in total. The molecule has 7 heteroatoms. The minimum atomic E-state index is 0.362. The van der Waals surface area contributed by atoms with Crippen LogP contribution in [-0.2, 0) is 0 Å².